The highest BCUT2D eigenvalue weighted by Crippen LogP contribution is 2.27. The molecule has 0 radical (unpaired) electrons. The molecule has 96 valence electrons. The van der Waals surface area contributed by atoms with Crippen LogP contribution < -0.4 is 5.32 Å². The summed E-state index contributed by atoms with van der Waals surface area (Å²) in [5.74, 6) is 0.291. The van der Waals surface area contributed by atoms with E-state index in [0.717, 1.165) is 17.2 Å². The van der Waals surface area contributed by atoms with Crippen molar-refractivity contribution in [1.82, 2.24) is 20.2 Å². The van der Waals surface area contributed by atoms with Gasteiger partial charge in [-0.1, -0.05) is 22.9 Å². The second-order valence-electron chi connectivity index (χ2n) is 3.24. The highest BCUT2D eigenvalue weighted by atomic mass is 35.5. The zero-order valence-electron chi connectivity index (χ0n) is 9.44. The third-order valence-corrected chi connectivity index (χ3v) is 3.44. The molecule has 9 heteroatoms. The van der Waals surface area contributed by atoms with Crippen LogP contribution in [0.1, 0.15) is 15.5 Å². The monoisotopic (exact) mass is 287 g/mol. The van der Waals surface area contributed by atoms with Crippen LogP contribution in [-0.4, -0.2) is 39.8 Å². The smallest absolute Gasteiger partial charge is 0.351 e. The predicted molar refractivity (Wildman–Crippen MR) is 67.0 cm³/mol. The molecule has 18 heavy (non-hydrogen) atoms. The van der Waals surface area contributed by atoms with Gasteiger partial charge in [-0.25, -0.2) is 14.8 Å². The molecule has 0 fully saturated rings. The normalized spacial score (nSPS) is 10.3. The van der Waals surface area contributed by atoms with E-state index in [2.05, 4.69) is 30.2 Å². The Morgan fingerprint density at radius 1 is 1.67 bits per heavy atom. The van der Waals surface area contributed by atoms with Gasteiger partial charge in [0.15, 0.2) is 15.2 Å². The number of anilines is 1. The summed E-state index contributed by atoms with van der Waals surface area (Å²) in [5, 5.41) is 10.3. The number of aromatic amines is 1. The number of nitrogens with zero attached hydrogens (tertiary/aromatic N) is 3. The van der Waals surface area contributed by atoms with Gasteiger partial charge in [0.2, 0.25) is 0 Å². The average Bonchev–Trinajstić information content (AvgIpc) is 2.98. The van der Waals surface area contributed by atoms with E-state index in [-0.39, 0.29) is 5.15 Å². The fourth-order valence-corrected chi connectivity index (χ4v) is 2.36. The standard InChI is InChI=1S/C9H10ClN5O2S/c1-17-8(16)6-7(10)14-9(18-6)11-3-2-5-12-4-13-15-5/h4H,2-3H2,1H3,(H,11,14)(H,12,13,15). The third kappa shape index (κ3) is 2.96. The first-order chi connectivity index (χ1) is 8.70. The third-order valence-electron chi connectivity index (χ3n) is 2.06. The van der Waals surface area contributed by atoms with Crippen LogP contribution in [-0.2, 0) is 11.2 Å². The number of carbonyl (C=O) groups is 1. The van der Waals surface area contributed by atoms with Crippen molar-refractivity contribution < 1.29 is 9.53 Å². The molecule has 0 saturated carbocycles. The molecular formula is C9H10ClN5O2S. The first kappa shape index (κ1) is 12.8. The van der Waals surface area contributed by atoms with Gasteiger partial charge in [0.05, 0.1) is 7.11 Å². The van der Waals surface area contributed by atoms with E-state index in [0.29, 0.717) is 23.0 Å². The lowest BCUT2D eigenvalue weighted by molar-refractivity contribution is 0.0606. The van der Waals surface area contributed by atoms with E-state index >= 15 is 0 Å². The summed E-state index contributed by atoms with van der Waals surface area (Å²) < 4.78 is 4.59. The van der Waals surface area contributed by atoms with Crippen LogP contribution in [0, 0.1) is 0 Å². The molecule has 0 saturated heterocycles. The maximum Gasteiger partial charge on any atom is 0.351 e. The number of esters is 1. The molecule has 0 spiro atoms. The van der Waals surface area contributed by atoms with Gasteiger partial charge in [-0.3, -0.25) is 5.10 Å². The van der Waals surface area contributed by atoms with Crippen molar-refractivity contribution in [1.29, 1.82) is 0 Å². The van der Waals surface area contributed by atoms with Gasteiger partial charge in [-0.2, -0.15) is 5.10 Å². The predicted octanol–water partition coefficient (Wildman–Crippen LogP) is 1.36. The molecule has 0 aromatic carbocycles. The van der Waals surface area contributed by atoms with E-state index in [4.69, 9.17) is 11.6 Å². The number of ether oxygens (including phenoxy) is 1. The minimum Gasteiger partial charge on any atom is -0.465 e. The molecule has 2 aromatic heterocycles. The fraction of sp³-hybridized carbons (Fsp3) is 0.333. The number of hydrogen-bond acceptors (Lipinski definition) is 7. The number of carbonyl (C=O) groups excluding carboxylic acids is 1. The number of thiazole rings is 1. The quantitative estimate of drug-likeness (QED) is 0.807. The number of halogens is 1. The molecule has 0 atom stereocenters. The van der Waals surface area contributed by atoms with Crippen LogP contribution in [0.4, 0.5) is 5.13 Å². The number of nitrogens with one attached hydrogen (secondary N) is 2. The fourth-order valence-electron chi connectivity index (χ4n) is 1.23. The topological polar surface area (TPSA) is 92.8 Å². The second-order valence-corrected chi connectivity index (χ2v) is 4.60. The number of aromatic nitrogens is 4. The minimum absolute atomic E-state index is 0.147. The van der Waals surface area contributed by atoms with Crippen LogP contribution in [0.2, 0.25) is 5.15 Å². The molecule has 2 rings (SSSR count). The zero-order chi connectivity index (χ0) is 13.0. The Morgan fingerprint density at radius 2 is 2.50 bits per heavy atom. The summed E-state index contributed by atoms with van der Waals surface area (Å²) in [7, 11) is 1.30. The molecule has 0 unspecified atom stereocenters. The maximum absolute atomic E-state index is 11.3. The van der Waals surface area contributed by atoms with Crippen molar-refractivity contribution in [3.8, 4) is 0 Å². The Kier molecular flexibility index (Phi) is 4.11. The van der Waals surface area contributed by atoms with E-state index in [1.807, 2.05) is 0 Å². The van der Waals surface area contributed by atoms with Crippen LogP contribution in [0.25, 0.3) is 0 Å². The Bertz CT molecular complexity index is 527. The molecule has 0 amide bonds. The molecular weight excluding hydrogens is 278 g/mol. The van der Waals surface area contributed by atoms with E-state index in [9.17, 15) is 4.79 Å². The Hall–Kier alpha value is -1.67. The molecule has 2 N–H and O–H groups in total. The second kappa shape index (κ2) is 5.78. The van der Waals surface area contributed by atoms with Crippen molar-refractivity contribution in [2.24, 2.45) is 0 Å². The zero-order valence-corrected chi connectivity index (χ0v) is 11.0. The highest BCUT2D eigenvalue weighted by molar-refractivity contribution is 7.18. The van der Waals surface area contributed by atoms with Crippen LogP contribution in [0.15, 0.2) is 6.33 Å². The first-order valence-corrected chi connectivity index (χ1v) is 6.23. The molecule has 0 bridgehead atoms. The SMILES string of the molecule is COC(=O)c1sc(NCCc2ncn[nH]2)nc1Cl. The van der Waals surface area contributed by atoms with E-state index in [1.54, 1.807) is 0 Å². The lowest BCUT2D eigenvalue weighted by atomic mass is 10.4. The van der Waals surface area contributed by atoms with Gasteiger partial charge in [0, 0.05) is 13.0 Å². The lowest BCUT2D eigenvalue weighted by Crippen LogP contribution is -2.05. The van der Waals surface area contributed by atoms with Gasteiger partial charge in [0.25, 0.3) is 0 Å². The lowest BCUT2D eigenvalue weighted by Gasteiger charge is -1.98. The molecule has 0 aliphatic heterocycles. The van der Waals surface area contributed by atoms with Gasteiger partial charge in [-0.05, 0) is 0 Å². The maximum atomic E-state index is 11.3. The van der Waals surface area contributed by atoms with Crippen LogP contribution in [0.3, 0.4) is 0 Å². The summed E-state index contributed by atoms with van der Waals surface area (Å²) in [6.07, 6.45) is 2.12. The number of rotatable bonds is 5. The summed E-state index contributed by atoms with van der Waals surface area (Å²) >= 11 is 6.98. The summed E-state index contributed by atoms with van der Waals surface area (Å²) in [5.41, 5.74) is 0. The highest BCUT2D eigenvalue weighted by Gasteiger charge is 2.16. The number of H-pyrrole nitrogens is 1. The average molecular weight is 288 g/mol. The summed E-state index contributed by atoms with van der Waals surface area (Å²) in [6.45, 7) is 0.611. The van der Waals surface area contributed by atoms with Crippen LogP contribution in [0.5, 0.6) is 0 Å². The minimum atomic E-state index is -0.485. The van der Waals surface area contributed by atoms with Crippen molar-refractivity contribution in [2.75, 3.05) is 19.0 Å². The van der Waals surface area contributed by atoms with Gasteiger partial charge in [0.1, 0.15) is 12.2 Å². The summed E-state index contributed by atoms with van der Waals surface area (Å²) in [6, 6.07) is 0. The Labute approximate surface area is 112 Å². The summed E-state index contributed by atoms with van der Waals surface area (Å²) in [4.78, 5) is 19.6. The first-order valence-electron chi connectivity index (χ1n) is 5.03. The van der Waals surface area contributed by atoms with Gasteiger partial charge in [-0.15, -0.1) is 0 Å². The molecule has 2 aromatic rings. The van der Waals surface area contributed by atoms with Crippen molar-refractivity contribution >= 4 is 34.0 Å². The Balaban J connectivity index is 1.92. The van der Waals surface area contributed by atoms with E-state index < -0.39 is 5.97 Å². The van der Waals surface area contributed by atoms with Gasteiger partial charge < -0.3 is 10.1 Å². The van der Waals surface area contributed by atoms with Gasteiger partial charge >= 0.3 is 5.97 Å². The number of methoxy groups -OCH3 is 1. The molecule has 0 aliphatic carbocycles. The molecule has 7 nitrogen and oxygen atoms in total. The largest absolute Gasteiger partial charge is 0.465 e. The van der Waals surface area contributed by atoms with Crippen molar-refractivity contribution in [2.45, 2.75) is 6.42 Å². The van der Waals surface area contributed by atoms with Crippen molar-refractivity contribution in [3.05, 3.63) is 22.2 Å². The molecule has 0 aliphatic rings. The van der Waals surface area contributed by atoms with Crippen LogP contribution >= 0.6 is 22.9 Å². The molecule has 2 heterocycles. The Morgan fingerprint density at radius 3 is 3.17 bits per heavy atom. The number of hydrogen-bond donors (Lipinski definition) is 2. The van der Waals surface area contributed by atoms with Crippen molar-refractivity contribution in [3.63, 3.8) is 0 Å². The van der Waals surface area contributed by atoms with E-state index in [1.165, 1.54) is 13.4 Å².